The van der Waals surface area contributed by atoms with Crippen LogP contribution >= 0.6 is 0 Å². The molecule has 1 heterocycles. The smallest absolute Gasteiger partial charge is 0.165 e. The van der Waals surface area contributed by atoms with E-state index in [-0.39, 0.29) is 10.8 Å². The Morgan fingerprint density at radius 3 is 2.68 bits per heavy atom. The molecule has 1 aromatic heterocycles. The van der Waals surface area contributed by atoms with Crippen LogP contribution in [0.2, 0.25) is 0 Å². The van der Waals surface area contributed by atoms with Crippen molar-refractivity contribution >= 4 is 5.57 Å². The minimum atomic E-state index is -0.482. The second-order valence-corrected chi connectivity index (χ2v) is 10.1. The summed E-state index contributed by atoms with van der Waals surface area (Å²) in [5.41, 5.74) is 4.16. The Kier molecular flexibility index (Phi) is 3.09. The largest absolute Gasteiger partial charge is 0.390 e. The van der Waals surface area contributed by atoms with E-state index in [4.69, 9.17) is 4.52 Å². The summed E-state index contributed by atoms with van der Waals surface area (Å²) in [7, 11) is 0. The molecule has 3 saturated carbocycles. The SMILES string of the molecule is CC1=C2CC[C@@H]3[C@H](CC[C@]4(C)[C@H]3CC[C@]4(C)O)[C@@]2(C)Cc2cnoc21. The Balaban J connectivity index is 1.57. The van der Waals surface area contributed by atoms with Crippen molar-refractivity contribution in [3.63, 3.8) is 0 Å². The van der Waals surface area contributed by atoms with Gasteiger partial charge in [0.05, 0.1) is 11.8 Å². The molecule has 0 saturated heterocycles. The quantitative estimate of drug-likeness (QED) is 0.722. The molecule has 5 rings (SSSR count). The molecule has 136 valence electrons. The molecular formula is C22H31NO2. The Morgan fingerprint density at radius 2 is 1.88 bits per heavy atom. The number of hydrogen-bond acceptors (Lipinski definition) is 3. The minimum absolute atomic E-state index is 0.109. The highest BCUT2D eigenvalue weighted by Gasteiger charge is 2.62. The Hall–Kier alpha value is -1.09. The van der Waals surface area contributed by atoms with Crippen LogP contribution in [0.15, 0.2) is 16.3 Å². The standard InChI is InChI=1S/C22H31NO2/c1-13-16-6-5-15-17(20(16,2)11-14-12-23-25-19(13)14)7-9-21(3)18(15)8-10-22(21,4)24/h12,15,17-18,24H,5-11H2,1-4H3/t15-,17+,18+,20+,21-,22+/m1/s1. The maximum atomic E-state index is 11.1. The number of rotatable bonds is 0. The Morgan fingerprint density at radius 1 is 1.12 bits per heavy atom. The predicted octanol–water partition coefficient (Wildman–Crippen LogP) is 5.00. The number of hydrogen-bond donors (Lipinski definition) is 1. The highest BCUT2D eigenvalue weighted by atomic mass is 16.5. The van der Waals surface area contributed by atoms with Crippen LogP contribution in [0.4, 0.5) is 0 Å². The molecule has 0 unspecified atom stereocenters. The van der Waals surface area contributed by atoms with Crippen LogP contribution in [0.3, 0.4) is 0 Å². The van der Waals surface area contributed by atoms with Gasteiger partial charge in [0.1, 0.15) is 0 Å². The monoisotopic (exact) mass is 341 g/mol. The number of allylic oxidation sites excluding steroid dienone is 2. The molecule has 0 aliphatic heterocycles. The third-order valence-electron chi connectivity index (χ3n) is 9.23. The third-order valence-corrected chi connectivity index (χ3v) is 9.23. The van der Waals surface area contributed by atoms with Crippen LogP contribution in [0, 0.1) is 28.6 Å². The van der Waals surface area contributed by atoms with Gasteiger partial charge in [0.25, 0.3) is 0 Å². The number of aliphatic hydroxyl groups is 1. The zero-order chi connectivity index (χ0) is 17.6. The number of nitrogens with zero attached hydrogens (tertiary/aromatic N) is 1. The first-order valence-corrected chi connectivity index (χ1v) is 10.1. The molecule has 3 heteroatoms. The highest BCUT2D eigenvalue weighted by molar-refractivity contribution is 5.69. The van der Waals surface area contributed by atoms with Crippen LogP contribution < -0.4 is 0 Å². The molecule has 1 aromatic rings. The van der Waals surface area contributed by atoms with Gasteiger partial charge in [-0.3, -0.25) is 0 Å². The molecule has 3 nitrogen and oxygen atoms in total. The third kappa shape index (κ3) is 1.83. The van der Waals surface area contributed by atoms with Gasteiger partial charge in [-0.1, -0.05) is 24.6 Å². The maximum Gasteiger partial charge on any atom is 0.165 e. The van der Waals surface area contributed by atoms with E-state index in [0.29, 0.717) is 5.92 Å². The van der Waals surface area contributed by atoms with Crippen molar-refractivity contribution in [3.05, 3.63) is 23.1 Å². The lowest BCUT2D eigenvalue weighted by Gasteiger charge is -2.59. The topological polar surface area (TPSA) is 46.3 Å². The van der Waals surface area contributed by atoms with Crippen molar-refractivity contribution in [3.8, 4) is 0 Å². The summed E-state index contributed by atoms with van der Waals surface area (Å²) in [5.74, 6) is 3.22. The molecule has 4 aliphatic carbocycles. The molecule has 1 N–H and O–H groups in total. The molecule has 0 spiro atoms. The highest BCUT2D eigenvalue weighted by Crippen LogP contribution is 2.67. The van der Waals surface area contributed by atoms with Gasteiger partial charge in [-0.15, -0.1) is 0 Å². The zero-order valence-electron chi connectivity index (χ0n) is 16.1. The van der Waals surface area contributed by atoms with Crippen molar-refractivity contribution in [2.75, 3.05) is 0 Å². The van der Waals surface area contributed by atoms with Crippen LogP contribution in [-0.4, -0.2) is 15.9 Å². The van der Waals surface area contributed by atoms with Crippen LogP contribution in [0.1, 0.15) is 77.5 Å². The zero-order valence-corrected chi connectivity index (χ0v) is 16.1. The van der Waals surface area contributed by atoms with E-state index in [1.165, 1.54) is 43.2 Å². The summed E-state index contributed by atoms with van der Waals surface area (Å²) >= 11 is 0. The van der Waals surface area contributed by atoms with Gasteiger partial charge in [-0.05, 0) is 93.0 Å². The summed E-state index contributed by atoms with van der Waals surface area (Å²) in [4.78, 5) is 0. The van der Waals surface area contributed by atoms with E-state index in [9.17, 15) is 5.11 Å². The molecule has 0 amide bonds. The normalized spacial score (nSPS) is 48.6. The van der Waals surface area contributed by atoms with Gasteiger partial charge in [0, 0.05) is 5.56 Å². The first kappa shape index (κ1) is 16.1. The number of aromatic nitrogens is 1. The summed E-state index contributed by atoms with van der Waals surface area (Å²) in [6.45, 7) is 9.22. The van der Waals surface area contributed by atoms with E-state index in [0.717, 1.165) is 30.4 Å². The first-order valence-electron chi connectivity index (χ1n) is 10.1. The van der Waals surface area contributed by atoms with Gasteiger partial charge in [0.15, 0.2) is 5.76 Å². The first-order chi connectivity index (χ1) is 11.8. The fraction of sp³-hybridized carbons (Fsp3) is 0.773. The van der Waals surface area contributed by atoms with E-state index >= 15 is 0 Å². The molecule has 3 fully saturated rings. The molecule has 0 bridgehead atoms. The summed E-state index contributed by atoms with van der Waals surface area (Å²) in [6.07, 6.45) is 10.1. The van der Waals surface area contributed by atoms with E-state index in [1.54, 1.807) is 5.57 Å². The van der Waals surface area contributed by atoms with Gasteiger partial charge in [0.2, 0.25) is 0 Å². The fourth-order valence-corrected chi connectivity index (χ4v) is 7.63. The molecule has 6 atom stereocenters. The number of fused-ring (bicyclic) bond motifs is 6. The maximum absolute atomic E-state index is 11.1. The summed E-state index contributed by atoms with van der Waals surface area (Å²) in [5, 5.41) is 15.1. The minimum Gasteiger partial charge on any atom is -0.390 e. The van der Waals surface area contributed by atoms with Crippen LogP contribution in [-0.2, 0) is 6.42 Å². The van der Waals surface area contributed by atoms with Crippen molar-refractivity contribution in [2.24, 2.45) is 28.6 Å². The molecule has 25 heavy (non-hydrogen) atoms. The predicted molar refractivity (Wildman–Crippen MR) is 97.8 cm³/mol. The van der Waals surface area contributed by atoms with Gasteiger partial charge >= 0.3 is 0 Å². The van der Waals surface area contributed by atoms with Crippen molar-refractivity contribution < 1.29 is 9.63 Å². The van der Waals surface area contributed by atoms with E-state index in [1.807, 2.05) is 6.20 Å². The van der Waals surface area contributed by atoms with Crippen LogP contribution in [0.5, 0.6) is 0 Å². The lowest BCUT2D eigenvalue weighted by molar-refractivity contribution is -0.116. The Bertz CT molecular complexity index is 760. The lowest BCUT2D eigenvalue weighted by atomic mass is 9.46. The van der Waals surface area contributed by atoms with Crippen molar-refractivity contribution in [1.29, 1.82) is 0 Å². The Labute approximate surface area is 150 Å². The average molecular weight is 341 g/mol. The fourth-order valence-electron chi connectivity index (χ4n) is 7.63. The molecule has 0 aromatic carbocycles. The summed E-state index contributed by atoms with van der Waals surface area (Å²) in [6, 6.07) is 0. The van der Waals surface area contributed by atoms with Crippen molar-refractivity contribution in [2.45, 2.75) is 78.2 Å². The van der Waals surface area contributed by atoms with E-state index in [2.05, 4.69) is 32.9 Å². The second-order valence-electron chi connectivity index (χ2n) is 10.1. The van der Waals surface area contributed by atoms with Crippen LogP contribution in [0.25, 0.3) is 5.57 Å². The molecule has 4 aliphatic rings. The van der Waals surface area contributed by atoms with Gasteiger partial charge in [-0.25, -0.2) is 0 Å². The summed E-state index contributed by atoms with van der Waals surface area (Å²) < 4.78 is 5.57. The molecule has 0 radical (unpaired) electrons. The lowest BCUT2D eigenvalue weighted by Crippen LogP contribution is -2.54. The average Bonchev–Trinajstić information content (AvgIpc) is 3.10. The van der Waals surface area contributed by atoms with Gasteiger partial charge < -0.3 is 9.63 Å². The molecular weight excluding hydrogens is 310 g/mol. The van der Waals surface area contributed by atoms with Gasteiger partial charge in [-0.2, -0.15) is 0 Å². The second kappa shape index (κ2) is 4.79. The van der Waals surface area contributed by atoms with E-state index < -0.39 is 5.60 Å². The van der Waals surface area contributed by atoms with Crippen molar-refractivity contribution in [1.82, 2.24) is 5.16 Å².